The second-order valence-electron chi connectivity index (χ2n) is 20.0. The summed E-state index contributed by atoms with van der Waals surface area (Å²) >= 11 is 0. The average Bonchev–Trinajstić information content (AvgIpc) is 3.88. The van der Waals surface area contributed by atoms with Gasteiger partial charge in [0.25, 0.3) is 21.6 Å². The molecule has 4 aliphatic rings. The van der Waals surface area contributed by atoms with Crippen LogP contribution in [0.25, 0.3) is 27.8 Å². The summed E-state index contributed by atoms with van der Waals surface area (Å²) in [6, 6.07) is 12.9. The number of anilines is 2. The molecule has 1 amide bonds. The van der Waals surface area contributed by atoms with Crippen LogP contribution in [0.15, 0.2) is 77.5 Å². The molecule has 3 aromatic heterocycles. The summed E-state index contributed by atoms with van der Waals surface area (Å²) in [6.45, 7) is 18.3. The van der Waals surface area contributed by atoms with Crippen LogP contribution in [-0.2, 0) is 14.8 Å². The molecule has 334 valence electrons. The van der Waals surface area contributed by atoms with Gasteiger partial charge in [0.1, 0.15) is 11.2 Å². The molecule has 9 rings (SSSR count). The fourth-order valence-corrected chi connectivity index (χ4v) is 11.7. The average molecular weight is 878 g/mol. The lowest BCUT2D eigenvalue weighted by Crippen LogP contribution is -2.52. The molecular weight excluding hydrogens is 819 g/mol. The van der Waals surface area contributed by atoms with Gasteiger partial charge in [-0.1, -0.05) is 46.3 Å². The van der Waals surface area contributed by atoms with Gasteiger partial charge in [-0.2, -0.15) is 0 Å². The maximum Gasteiger partial charge on any atom is 0.293 e. The molecular formula is C47H59N9O6S. The third kappa shape index (κ3) is 8.69. The van der Waals surface area contributed by atoms with Gasteiger partial charge in [0.05, 0.1) is 26.6 Å². The molecule has 16 heteroatoms. The Bertz CT molecular complexity index is 2710. The lowest BCUT2D eigenvalue weighted by molar-refractivity contribution is -0.384. The summed E-state index contributed by atoms with van der Waals surface area (Å²) in [4.78, 5) is 39.3. The van der Waals surface area contributed by atoms with Gasteiger partial charge in [-0.3, -0.25) is 29.6 Å². The van der Waals surface area contributed by atoms with Crippen LogP contribution in [0.1, 0.15) is 83.5 Å². The number of ether oxygens (including phenoxy) is 1. The Balaban J connectivity index is 0.964. The summed E-state index contributed by atoms with van der Waals surface area (Å²) in [5.41, 5.74) is 5.57. The lowest BCUT2D eigenvalue weighted by atomic mass is 9.51. The molecule has 2 atom stereocenters. The maximum atomic E-state index is 14.2. The van der Waals surface area contributed by atoms with Crippen molar-refractivity contribution in [1.29, 1.82) is 0 Å². The van der Waals surface area contributed by atoms with Gasteiger partial charge >= 0.3 is 0 Å². The van der Waals surface area contributed by atoms with Crippen molar-refractivity contribution >= 4 is 55.1 Å². The smallest absolute Gasteiger partial charge is 0.293 e. The van der Waals surface area contributed by atoms with Crippen LogP contribution in [0.4, 0.5) is 17.1 Å². The molecule has 3 fully saturated rings. The van der Waals surface area contributed by atoms with Crippen LogP contribution >= 0.6 is 0 Å². The van der Waals surface area contributed by atoms with E-state index in [1.807, 2.05) is 24.3 Å². The second kappa shape index (κ2) is 16.3. The van der Waals surface area contributed by atoms with Gasteiger partial charge in [0.15, 0.2) is 5.65 Å². The molecule has 0 radical (unpaired) electrons. The Hall–Kier alpha value is -5.32. The number of sulfonamides is 1. The molecule has 2 aromatic carbocycles. The van der Waals surface area contributed by atoms with Gasteiger partial charge in [-0.15, -0.1) is 0 Å². The van der Waals surface area contributed by atoms with E-state index >= 15 is 0 Å². The van der Waals surface area contributed by atoms with Crippen molar-refractivity contribution in [3.63, 3.8) is 0 Å². The van der Waals surface area contributed by atoms with Gasteiger partial charge in [-0.05, 0) is 109 Å². The second-order valence-corrected chi connectivity index (χ2v) is 21.7. The van der Waals surface area contributed by atoms with E-state index in [9.17, 15) is 23.3 Å². The molecule has 2 aliphatic heterocycles. The summed E-state index contributed by atoms with van der Waals surface area (Å²) in [5.74, 6) is -0.00482. The Morgan fingerprint density at radius 1 is 1.00 bits per heavy atom. The number of amides is 1. The van der Waals surface area contributed by atoms with Gasteiger partial charge in [0.2, 0.25) is 0 Å². The van der Waals surface area contributed by atoms with Crippen molar-refractivity contribution in [2.24, 2.45) is 28.1 Å². The SMILES string of the molecule is CC1(C)C=C(C2(C)CC(C)(C)CCC2CN2CCN(c3ccc(C(=O)NS(=O)(=O)c4ccc(NCC5CCOCC5)c([N+](=O)[O-])c4)c(-n4[nH]cc5nc6nccc6cc54)c3)CC2)C1. The van der Waals surface area contributed by atoms with E-state index in [2.05, 4.69) is 70.6 Å². The molecule has 2 aliphatic carbocycles. The number of benzene rings is 2. The van der Waals surface area contributed by atoms with Crippen LogP contribution < -0.4 is 14.9 Å². The van der Waals surface area contributed by atoms with E-state index < -0.39 is 31.4 Å². The molecule has 1 saturated carbocycles. The number of nitro benzene ring substituents is 1. The zero-order valence-corrected chi connectivity index (χ0v) is 37.8. The molecule has 63 heavy (non-hydrogen) atoms. The molecule has 2 saturated heterocycles. The van der Waals surface area contributed by atoms with Gasteiger partial charge in [-0.25, -0.2) is 23.1 Å². The largest absolute Gasteiger partial charge is 0.381 e. The highest BCUT2D eigenvalue weighted by atomic mass is 32.2. The molecule has 5 heterocycles. The fourth-order valence-electron chi connectivity index (χ4n) is 10.7. The summed E-state index contributed by atoms with van der Waals surface area (Å²) in [6.07, 6.45) is 12.5. The number of allylic oxidation sites excluding steroid dienone is 2. The van der Waals surface area contributed by atoms with Crippen molar-refractivity contribution < 1.29 is 22.9 Å². The highest BCUT2D eigenvalue weighted by molar-refractivity contribution is 7.90. The number of hydrogen-bond donors (Lipinski definition) is 3. The normalized spacial score (nSPS) is 23.0. The Morgan fingerprint density at radius 3 is 2.49 bits per heavy atom. The number of hydrogen-bond acceptors (Lipinski definition) is 11. The highest BCUT2D eigenvalue weighted by Crippen LogP contribution is 2.59. The molecule has 0 bridgehead atoms. The quantitative estimate of drug-likeness (QED) is 0.0627. The predicted octanol–water partition coefficient (Wildman–Crippen LogP) is 8.08. The fraction of sp³-hybridized carbons (Fsp3) is 0.511. The third-order valence-corrected chi connectivity index (χ3v) is 15.6. The number of H-pyrrole nitrogens is 1. The Morgan fingerprint density at radius 2 is 1.76 bits per heavy atom. The van der Waals surface area contributed by atoms with Crippen LogP contribution in [0.5, 0.6) is 0 Å². The first-order valence-corrected chi connectivity index (χ1v) is 23.8. The van der Waals surface area contributed by atoms with Crippen LogP contribution in [0, 0.1) is 38.2 Å². The van der Waals surface area contributed by atoms with E-state index in [1.54, 1.807) is 28.7 Å². The van der Waals surface area contributed by atoms with E-state index in [0.29, 0.717) is 53.5 Å². The first kappa shape index (κ1) is 43.0. The lowest BCUT2D eigenvalue weighted by Gasteiger charge is -2.55. The van der Waals surface area contributed by atoms with Gasteiger partial charge in [0, 0.05) is 82.0 Å². The van der Waals surface area contributed by atoms with Crippen molar-refractivity contribution in [2.45, 2.75) is 78.0 Å². The number of nitrogens with one attached hydrogen (secondary N) is 3. The van der Waals surface area contributed by atoms with Crippen molar-refractivity contribution in [3.8, 4) is 5.69 Å². The van der Waals surface area contributed by atoms with Crippen molar-refractivity contribution in [1.82, 2.24) is 29.4 Å². The Kier molecular flexibility index (Phi) is 11.1. The van der Waals surface area contributed by atoms with E-state index in [0.717, 1.165) is 62.7 Å². The topological polar surface area (TPSA) is 181 Å². The standard InChI is InChI=1S/C47H59N9O6S/c1-45(2)14-10-33(47(5,30-45)34-25-46(3,4)26-34)29-53-16-18-54(19-17-53)35-6-8-37(40(23-35)55-41-22-32-11-15-48-43(32)51-39(41)28-50-55)44(57)52-63(60,61)36-7-9-38(42(24-36)56(58)59)49-27-31-12-20-62-21-13-31/h6-9,11,15,22-25,28,31,33,49-50H,10,12-14,16-21,26-27,29-30H2,1-5H3,(H,52,57). The minimum Gasteiger partial charge on any atom is -0.381 e. The molecule has 5 aromatic rings. The first-order chi connectivity index (χ1) is 30.0. The third-order valence-electron chi connectivity index (χ3n) is 14.2. The molecule has 15 nitrogen and oxygen atoms in total. The van der Waals surface area contributed by atoms with Crippen LogP contribution in [0.3, 0.4) is 0 Å². The number of carbonyl (C=O) groups is 1. The minimum atomic E-state index is -4.55. The van der Waals surface area contributed by atoms with Crippen molar-refractivity contribution in [2.75, 3.05) is 62.7 Å². The number of piperazine rings is 1. The molecule has 3 N–H and O–H groups in total. The Labute approximate surface area is 368 Å². The van der Waals surface area contributed by atoms with Crippen LogP contribution in [-0.4, -0.2) is 96.4 Å². The van der Waals surface area contributed by atoms with E-state index in [1.165, 1.54) is 37.8 Å². The number of nitrogens with zero attached hydrogens (tertiary/aromatic N) is 6. The zero-order chi connectivity index (χ0) is 44.3. The number of aromatic nitrogens is 4. The zero-order valence-electron chi connectivity index (χ0n) is 36.9. The monoisotopic (exact) mass is 877 g/mol. The minimum absolute atomic E-state index is 0.0904. The van der Waals surface area contributed by atoms with E-state index in [-0.39, 0.29) is 28.0 Å². The molecule has 0 spiro atoms. The summed E-state index contributed by atoms with van der Waals surface area (Å²) in [5, 5.41) is 19.3. The summed E-state index contributed by atoms with van der Waals surface area (Å²) < 4.78 is 37.1. The number of pyridine rings is 1. The van der Waals surface area contributed by atoms with Gasteiger partial charge < -0.3 is 15.0 Å². The number of rotatable bonds is 12. The number of aromatic amines is 1. The number of nitro groups is 1. The number of fused-ring (bicyclic) bond motifs is 2. The first-order valence-electron chi connectivity index (χ1n) is 22.3. The van der Waals surface area contributed by atoms with Crippen molar-refractivity contribution in [3.05, 3.63) is 88.3 Å². The maximum absolute atomic E-state index is 14.2. The van der Waals surface area contributed by atoms with E-state index in [4.69, 9.17) is 9.72 Å². The predicted molar refractivity (Wildman–Crippen MR) is 245 cm³/mol. The highest BCUT2D eigenvalue weighted by Gasteiger charge is 2.49. The number of carbonyl (C=O) groups excluding carboxylic acids is 1. The molecule has 2 unspecified atom stereocenters. The summed E-state index contributed by atoms with van der Waals surface area (Å²) in [7, 11) is -4.55. The van der Waals surface area contributed by atoms with Crippen LogP contribution in [0.2, 0.25) is 0 Å².